The van der Waals surface area contributed by atoms with Crippen molar-refractivity contribution in [3.8, 4) is 0 Å². The van der Waals surface area contributed by atoms with Crippen LogP contribution in [0.3, 0.4) is 0 Å². The molecule has 0 saturated heterocycles. The van der Waals surface area contributed by atoms with E-state index in [1.165, 1.54) is 70.6 Å². The molecule has 0 aromatic carbocycles. The Bertz CT molecular complexity index is 591. The molecular formula is C24H46N6. The van der Waals surface area contributed by atoms with Crippen LogP contribution in [-0.2, 0) is 0 Å². The van der Waals surface area contributed by atoms with E-state index in [0.29, 0.717) is 6.04 Å². The lowest BCUT2D eigenvalue weighted by atomic mass is 10.0. The minimum absolute atomic E-state index is 0.414. The largest absolute Gasteiger partial charge is 0.370 e. The van der Waals surface area contributed by atoms with Crippen molar-refractivity contribution in [1.29, 1.82) is 0 Å². The summed E-state index contributed by atoms with van der Waals surface area (Å²) in [7, 11) is 0. The summed E-state index contributed by atoms with van der Waals surface area (Å²) in [5, 5.41) is 16.2. The van der Waals surface area contributed by atoms with Gasteiger partial charge in [0.2, 0.25) is 0 Å². The van der Waals surface area contributed by atoms with Gasteiger partial charge in [-0.3, -0.25) is 9.98 Å². The van der Waals surface area contributed by atoms with Crippen molar-refractivity contribution in [2.45, 2.75) is 122 Å². The number of hydrogen-bond donors (Lipinski definition) is 2. The number of azo groups is 1. The van der Waals surface area contributed by atoms with Crippen molar-refractivity contribution in [3.63, 3.8) is 0 Å². The van der Waals surface area contributed by atoms with Gasteiger partial charge in [0.25, 0.3) is 0 Å². The second kappa shape index (κ2) is 12.4. The van der Waals surface area contributed by atoms with Crippen molar-refractivity contribution in [2.24, 2.45) is 20.2 Å². The molecular weight excluding hydrogens is 372 g/mol. The highest BCUT2D eigenvalue weighted by molar-refractivity contribution is 5.93. The maximum Gasteiger partial charge on any atom is 0.133 e. The van der Waals surface area contributed by atoms with Crippen LogP contribution < -0.4 is 10.6 Å². The first-order valence-electron chi connectivity index (χ1n) is 12.4. The average molecular weight is 419 g/mol. The molecule has 6 nitrogen and oxygen atoms in total. The van der Waals surface area contributed by atoms with Crippen molar-refractivity contribution in [1.82, 2.24) is 10.6 Å². The summed E-state index contributed by atoms with van der Waals surface area (Å²) in [5.41, 5.74) is -0.842. The van der Waals surface area contributed by atoms with E-state index >= 15 is 0 Å². The van der Waals surface area contributed by atoms with Crippen molar-refractivity contribution >= 4 is 11.7 Å². The Hall–Kier alpha value is -1.46. The monoisotopic (exact) mass is 418 g/mol. The lowest BCUT2D eigenvalue weighted by molar-refractivity contribution is 0.508. The molecule has 0 amide bonds. The van der Waals surface area contributed by atoms with E-state index in [2.05, 4.69) is 60.5 Å². The van der Waals surface area contributed by atoms with Crippen LogP contribution in [0.4, 0.5) is 0 Å². The van der Waals surface area contributed by atoms with E-state index in [-0.39, 0.29) is 0 Å². The number of nitrogens with zero attached hydrogens (tertiary/aromatic N) is 4. The molecule has 0 fully saturated rings. The third-order valence-corrected chi connectivity index (χ3v) is 6.10. The van der Waals surface area contributed by atoms with Gasteiger partial charge in [0.1, 0.15) is 22.7 Å². The number of hydrogen-bond acceptors (Lipinski definition) is 6. The summed E-state index contributed by atoms with van der Waals surface area (Å²) in [6.07, 6.45) is 15.0. The molecule has 0 bridgehead atoms. The quantitative estimate of drug-likeness (QED) is 0.265. The van der Waals surface area contributed by atoms with Gasteiger partial charge in [-0.25, -0.2) is 0 Å². The highest BCUT2D eigenvalue weighted by Gasteiger charge is 2.33. The molecule has 2 N–H and O–H groups in total. The highest BCUT2D eigenvalue weighted by Crippen LogP contribution is 2.21. The summed E-state index contributed by atoms with van der Waals surface area (Å²) < 4.78 is 0. The summed E-state index contributed by atoms with van der Waals surface area (Å²) in [6.45, 7) is 13.2. The van der Waals surface area contributed by atoms with Gasteiger partial charge >= 0.3 is 0 Å². The fourth-order valence-corrected chi connectivity index (χ4v) is 4.05. The molecule has 0 saturated carbocycles. The molecule has 1 atom stereocenters. The molecule has 6 heteroatoms. The minimum atomic E-state index is -0.428. The Balaban J connectivity index is 1.61. The van der Waals surface area contributed by atoms with E-state index in [4.69, 9.17) is 4.99 Å². The van der Waals surface area contributed by atoms with Crippen LogP contribution in [0.5, 0.6) is 0 Å². The number of nitrogens with one attached hydrogen (secondary N) is 2. The first-order valence-corrected chi connectivity index (χ1v) is 12.4. The molecule has 0 radical (unpaired) electrons. The molecule has 2 aliphatic heterocycles. The van der Waals surface area contributed by atoms with E-state index < -0.39 is 11.1 Å². The third kappa shape index (κ3) is 8.35. The maximum absolute atomic E-state index is 4.76. The molecule has 2 rings (SSSR count). The van der Waals surface area contributed by atoms with Crippen molar-refractivity contribution in [2.75, 3.05) is 19.6 Å². The SMILES string of the molecule is CCCCCCCCCCCCC1CN=C(C(C)(C)N=NC(C)(C)C2=NCCN2)N1. The topological polar surface area (TPSA) is 73.5 Å². The van der Waals surface area contributed by atoms with Crippen LogP contribution >= 0.6 is 0 Å². The van der Waals surface area contributed by atoms with Gasteiger partial charge in [0, 0.05) is 12.6 Å². The van der Waals surface area contributed by atoms with Gasteiger partial charge in [-0.1, -0.05) is 71.1 Å². The molecule has 172 valence electrons. The molecule has 2 heterocycles. The lowest BCUT2D eigenvalue weighted by Crippen LogP contribution is -2.43. The minimum Gasteiger partial charge on any atom is -0.370 e. The first kappa shape index (κ1) is 24.8. The molecule has 30 heavy (non-hydrogen) atoms. The third-order valence-electron chi connectivity index (χ3n) is 6.10. The fraction of sp³-hybridized carbons (Fsp3) is 0.917. The number of aliphatic imine (C=N–C) groups is 2. The van der Waals surface area contributed by atoms with E-state index in [9.17, 15) is 0 Å². The molecule has 0 aliphatic carbocycles. The van der Waals surface area contributed by atoms with Crippen LogP contribution in [0.1, 0.15) is 105 Å². The van der Waals surface area contributed by atoms with E-state index in [0.717, 1.165) is 31.3 Å². The van der Waals surface area contributed by atoms with Gasteiger partial charge in [0.05, 0.1) is 13.1 Å². The van der Waals surface area contributed by atoms with Crippen LogP contribution in [-0.4, -0.2) is 48.4 Å². The number of rotatable bonds is 15. The average Bonchev–Trinajstić information content (AvgIpc) is 3.41. The predicted octanol–water partition coefficient (Wildman–Crippen LogP) is 5.68. The zero-order valence-electron chi connectivity index (χ0n) is 20.3. The predicted molar refractivity (Wildman–Crippen MR) is 129 cm³/mol. The standard InChI is InChI=1S/C24H46N6/c1-6-7-8-9-10-11-12-13-14-15-16-20-19-27-22(28-20)24(4,5)30-29-23(2,3)21-25-17-18-26-21/h20H,6-19H2,1-5H3,(H,25,26)(H,27,28). The zero-order chi connectivity index (χ0) is 21.9. The van der Waals surface area contributed by atoms with Crippen LogP contribution in [0.15, 0.2) is 20.2 Å². The molecule has 0 aromatic heterocycles. The van der Waals surface area contributed by atoms with Gasteiger partial charge in [0.15, 0.2) is 0 Å². The van der Waals surface area contributed by atoms with Gasteiger partial charge in [-0.15, -0.1) is 0 Å². The molecule has 0 aromatic rings. The fourth-order valence-electron chi connectivity index (χ4n) is 4.05. The second-order valence-corrected chi connectivity index (χ2v) is 9.98. The summed E-state index contributed by atoms with van der Waals surface area (Å²) >= 11 is 0. The van der Waals surface area contributed by atoms with Gasteiger partial charge in [-0.05, 0) is 34.1 Å². The Morgan fingerprint density at radius 2 is 1.37 bits per heavy atom. The first-order chi connectivity index (χ1) is 14.3. The van der Waals surface area contributed by atoms with Crippen LogP contribution in [0.25, 0.3) is 0 Å². The summed E-state index contributed by atoms with van der Waals surface area (Å²) in [5.74, 6) is 1.91. The Kier molecular flexibility index (Phi) is 10.3. The van der Waals surface area contributed by atoms with Crippen LogP contribution in [0, 0.1) is 0 Å². The Labute approximate surface area is 184 Å². The summed E-state index contributed by atoms with van der Waals surface area (Å²) in [4.78, 5) is 9.26. The molecule has 2 aliphatic rings. The lowest BCUT2D eigenvalue weighted by Gasteiger charge is -2.24. The molecule has 1 unspecified atom stereocenters. The van der Waals surface area contributed by atoms with Crippen molar-refractivity contribution in [3.05, 3.63) is 0 Å². The smallest absolute Gasteiger partial charge is 0.133 e. The maximum atomic E-state index is 4.76. The number of amidine groups is 2. The Morgan fingerprint density at radius 1 is 0.800 bits per heavy atom. The second-order valence-electron chi connectivity index (χ2n) is 9.98. The van der Waals surface area contributed by atoms with Gasteiger partial charge in [-0.2, -0.15) is 10.2 Å². The van der Waals surface area contributed by atoms with Gasteiger partial charge < -0.3 is 10.6 Å². The van der Waals surface area contributed by atoms with Crippen molar-refractivity contribution < 1.29 is 0 Å². The van der Waals surface area contributed by atoms with Crippen LogP contribution in [0.2, 0.25) is 0 Å². The Morgan fingerprint density at radius 3 is 1.93 bits per heavy atom. The number of unbranched alkanes of at least 4 members (excludes halogenated alkanes) is 9. The summed E-state index contributed by atoms with van der Waals surface area (Å²) in [6, 6.07) is 0.456. The normalized spacial score (nSPS) is 19.7. The van der Waals surface area contributed by atoms with E-state index in [1.54, 1.807) is 0 Å². The highest BCUT2D eigenvalue weighted by atomic mass is 15.3. The zero-order valence-corrected chi connectivity index (χ0v) is 20.3. The molecule has 0 spiro atoms. The van der Waals surface area contributed by atoms with E-state index in [1.807, 2.05) is 0 Å².